The Kier molecular flexibility index (Phi) is 18.5. The summed E-state index contributed by atoms with van der Waals surface area (Å²) in [5.74, 6) is 1.63. The van der Waals surface area contributed by atoms with E-state index in [0.29, 0.717) is 5.75 Å². The summed E-state index contributed by atoms with van der Waals surface area (Å²) in [6.45, 7) is 2.28. The highest BCUT2D eigenvalue weighted by Gasteiger charge is 2.43. The van der Waals surface area contributed by atoms with E-state index in [1.165, 1.54) is 110 Å². The van der Waals surface area contributed by atoms with Crippen LogP contribution in [0.3, 0.4) is 0 Å². The molecule has 1 rings (SSSR count). The van der Waals surface area contributed by atoms with E-state index in [2.05, 4.69) is 6.92 Å². The van der Waals surface area contributed by atoms with Gasteiger partial charge in [0.15, 0.2) is 6.29 Å². The summed E-state index contributed by atoms with van der Waals surface area (Å²) in [5, 5.41) is 29.7. The molecule has 6 heteroatoms. The fourth-order valence-corrected chi connectivity index (χ4v) is 5.28. The van der Waals surface area contributed by atoms with Gasteiger partial charge in [-0.3, -0.25) is 0 Å². The quantitative estimate of drug-likeness (QED) is 0.209. The minimum Gasteiger partial charge on any atom is -0.388 e. The molecule has 0 amide bonds. The Morgan fingerprint density at radius 3 is 1.55 bits per heavy atom. The fourth-order valence-electron chi connectivity index (χ4n) is 4.20. The van der Waals surface area contributed by atoms with Crippen molar-refractivity contribution in [1.82, 2.24) is 0 Å². The van der Waals surface area contributed by atoms with Gasteiger partial charge in [-0.2, -0.15) is 11.8 Å². The maximum atomic E-state index is 10.1. The van der Waals surface area contributed by atoms with E-state index >= 15 is 0 Å². The third kappa shape index (κ3) is 13.4. The molecule has 0 aromatic carbocycles. The highest BCUT2D eigenvalue weighted by atomic mass is 32.2. The lowest BCUT2D eigenvalue weighted by molar-refractivity contribution is -0.284. The second kappa shape index (κ2) is 19.6. The second-order valence-corrected chi connectivity index (χ2v) is 10.3. The van der Waals surface area contributed by atoms with Crippen LogP contribution in [0.2, 0.25) is 0 Å². The van der Waals surface area contributed by atoms with Gasteiger partial charge in [0.05, 0.1) is 6.10 Å². The summed E-state index contributed by atoms with van der Waals surface area (Å²) in [4.78, 5) is 0. The topological polar surface area (TPSA) is 79.2 Å². The molecule has 5 nitrogen and oxygen atoms in total. The Morgan fingerprint density at radius 1 is 0.645 bits per heavy atom. The number of aliphatic hydroxyl groups excluding tert-OH is 3. The molecule has 0 bridgehead atoms. The first kappa shape index (κ1) is 29.2. The first-order chi connectivity index (χ1) is 15.1. The van der Waals surface area contributed by atoms with Gasteiger partial charge in [-0.15, -0.1) is 0 Å². The van der Waals surface area contributed by atoms with E-state index in [9.17, 15) is 15.3 Å². The number of thioether (sulfide) groups is 1. The van der Waals surface area contributed by atoms with Crippen molar-refractivity contribution in [3.8, 4) is 0 Å². The zero-order chi connectivity index (χ0) is 22.7. The van der Waals surface area contributed by atoms with Gasteiger partial charge in [0.2, 0.25) is 0 Å². The van der Waals surface area contributed by atoms with Crippen molar-refractivity contribution in [2.24, 2.45) is 0 Å². The third-order valence-electron chi connectivity index (χ3n) is 6.33. The molecule has 1 fully saturated rings. The molecule has 186 valence electrons. The maximum Gasteiger partial charge on any atom is 0.186 e. The number of hydrogen-bond acceptors (Lipinski definition) is 6. The molecule has 3 N–H and O–H groups in total. The fraction of sp³-hybridized carbons (Fsp3) is 1.00. The van der Waals surface area contributed by atoms with Crippen molar-refractivity contribution >= 4 is 11.8 Å². The Labute approximate surface area is 195 Å². The van der Waals surface area contributed by atoms with E-state index in [4.69, 9.17) is 9.47 Å². The molecule has 1 saturated heterocycles. The van der Waals surface area contributed by atoms with Gasteiger partial charge in [-0.1, -0.05) is 103 Å². The van der Waals surface area contributed by atoms with Crippen LogP contribution in [0.5, 0.6) is 0 Å². The minimum atomic E-state index is -1.22. The van der Waals surface area contributed by atoms with Crippen LogP contribution in [-0.4, -0.2) is 64.6 Å². The van der Waals surface area contributed by atoms with Crippen LogP contribution in [0.1, 0.15) is 110 Å². The Balaban J connectivity index is 1.84. The number of hydrogen-bond donors (Lipinski definition) is 3. The van der Waals surface area contributed by atoms with E-state index in [-0.39, 0.29) is 0 Å². The van der Waals surface area contributed by atoms with E-state index in [1.807, 2.05) is 0 Å². The van der Waals surface area contributed by atoms with Crippen molar-refractivity contribution < 1.29 is 24.8 Å². The van der Waals surface area contributed by atoms with Gasteiger partial charge >= 0.3 is 0 Å². The number of methoxy groups -OCH3 is 1. The highest BCUT2D eigenvalue weighted by Crippen LogP contribution is 2.24. The molecule has 0 aliphatic carbocycles. The van der Waals surface area contributed by atoms with E-state index < -0.39 is 30.7 Å². The standard InChI is InChI=1S/C25H50O5S/c1-3-4-5-6-7-8-9-10-11-12-13-14-15-16-17-18-19-31-20-21-22(26)23(27)24(28)25(29-2)30-21/h21-28H,3-20H2,1-2H3/t21-,22-,23+,24+,25+/m1/s1. The minimum absolute atomic E-state index is 0.505. The van der Waals surface area contributed by atoms with Gasteiger partial charge < -0.3 is 24.8 Å². The molecule has 31 heavy (non-hydrogen) atoms. The molecule has 1 aliphatic heterocycles. The van der Waals surface area contributed by atoms with Crippen molar-refractivity contribution in [1.29, 1.82) is 0 Å². The first-order valence-electron chi connectivity index (χ1n) is 12.9. The summed E-state index contributed by atoms with van der Waals surface area (Å²) >= 11 is 1.73. The van der Waals surface area contributed by atoms with Crippen molar-refractivity contribution in [2.45, 2.75) is 140 Å². The maximum absolute atomic E-state index is 10.1. The molecule has 5 atom stereocenters. The zero-order valence-electron chi connectivity index (χ0n) is 20.2. The van der Waals surface area contributed by atoms with E-state index in [0.717, 1.165) is 5.75 Å². The first-order valence-corrected chi connectivity index (χ1v) is 14.1. The number of ether oxygens (including phenoxy) is 2. The third-order valence-corrected chi connectivity index (χ3v) is 7.47. The van der Waals surface area contributed by atoms with Crippen LogP contribution in [-0.2, 0) is 9.47 Å². The monoisotopic (exact) mass is 462 g/mol. The zero-order valence-corrected chi connectivity index (χ0v) is 21.0. The summed E-state index contributed by atoms with van der Waals surface area (Å²) in [6, 6.07) is 0. The van der Waals surface area contributed by atoms with Crippen molar-refractivity contribution in [3.05, 3.63) is 0 Å². The largest absolute Gasteiger partial charge is 0.388 e. The number of aliphatic hydroxyl groups is 3. The normalized spacial score (nSPS) is 26.4. The van der Waals surface area contributed by atoms with E-state index in [1.54, 1.807) is 11.8 Å². The smallest absolute Gasteiger partial charge is 0.186 e. The van der Waals surface area contributed by atoms with Crippen LogP contribution < -0.4 is 0 Å². The Bertz CT molecular complexity index is 396. The van der Waals surface area contributed by atoms with Crippen LogP contribution in [0.4, 0.5) is 0 Å². The summed E-state index contributed by atoms with van der Waals surface area (Å²) < 4.78 is 10.6. The molecule has 0 saturated carbocycles. The molecule has 0 aromatic heterocycles. The average Bonchev–Trinajstić information content (AvgIpc) is 2.78. The molecule has 0 radical (unpaired) electrons. The number of rotatable bonds is 20. The second-order valence-electron chi connectivity index (χ2n) is 9.13. The predicted octanol–water partition coefficient (Wildman–Crippen LogP) is 5.44. The molecule has 1 aliphatic rings. The lowest BCUT2D eigenvalue weighted by Crippen LogP contribution is -2.58. The van der Waals surface area contributed by atoms with Crippen LogP contribution in [0.25, 0.3) is 0 Å². The molecule has 0 unspecified atom stereocenters. The van der Waals surface area contributed by atoms with Gasteiger partial charge in [0.25, 0.3) is 0 Å². The predicted molar refractivity (Wildman–Crippen MR) is 131 cm³/mol. The summed E-state index contributed by atoms with van der Waals surface area (Å²) in [7, 11) is 1.43. The van der Waals surface area contributed by atoms with Gasteiger partial charge in [0, 0.05) is 12.9 Å². The lowest BCUT2D eigenvalue weighted by Gasteiger charge is -2.39. The molecule has 1 heterocycles. The summed E-state index contributed by atoms with van der Waals surface area (Å²) in [5.41, 5.74) is 0. The SMILES string of the molecule is CCCCCCCCCCCCCCCCCCSC[C@H]1O[C@H](OC)[C@@H](O)[C@@H](O)[C@@H]1O. The van der Waals surface area contributed by atoms with Crippen molar-refractivity contribution in [3.63, 3.8) is 0 Å². The Hall–Kier alpha value is 0.150. The van der Waals surface area contributed by atoms with Crippen LogP contribution in [0, 0.1) is 0 Å². The van der Waals surface area contributed by atoms with Crippen LogP contribution in [0.15, 0.2) is 0 Å². The highest BCUT2D eigenvalue weighted by molar-refractivity contribution is 7.99. The van der Waals surface area contributed by atoms with Crippen molar-refractivity contribution in [2.75, 3.05) is 18.6 Å². The van der Waals surface area contributed by atoms with Crippen LogP contribution >= 0.6 is 11.8 Å². The average molecular weight is 463 g/mol. The lowest BCUT2D eigenvalue weighted by atomic mass is 10.00. The molecular formula is C25H50O5S. The molecular weight excluding hydrogens is 412 g/mol. The molecule has 0 aromatic rings. The van der Waals surface area contributed by atoms with Gasteiger partial charge in [0.1, 0.15) is 18.3 Å². The number of unbranched alkanes of at least 4 members (excludes halogenated alkanes) is 15. The summed E-state index contributed by atoms with van der Waals surface area (Å²) in [6.07, 6.45) is 17.1. The molecule has 0 spiro atoms. The van der Waals surface area contributed by atoms with Gasteiger partial charge in [-0.25, -0.2) is 0 Å². The Morgan fingerprint density at radius 2 is 1.10 bits per heavy atom. The van der Waals surface area contributed by atoms with Gasteiger partial charge in [-0.05, 0) is 12.2 Å².